The molecule has 2 heterocycles. The van der Waals surface area contributed by atoms with E-state index in [-0.39, 0.29) is 11.2 Å². The Hall–Kier alpha value is -3.16. The van der Waals surface area contributed by atoms with Crippen molar-refractivity contribution in [3.8, 4) is 0 Å². The highest BCUT2D eigenvalue weighted by Crippen LogP contribution is 2.25. The lowest BCUT2D eigenvalue weighted by molar-refractivity contribution is -0.384. The van der Waals surface area contributed by atoms with Gasteiger partial charge in [0.15, 0.2) is 0 Å². The van der Waals surface area contributed by atoms with E-state index < -0.39 is 4.92 Å². The molecule has 112 valence electrons. The van der Waals surface area contributed by atoms with Gasteiger partial charge in [0.2, 0.25) is 5.95 Å². The van der Waals surface area contributed by atoms with E-state index in [1.807, 2.05) is 0 Å². The summed E-state index contributed by atoms with van der Waals surface area (Å²) in [5, 5.41) is 10.7. The van der Waals surface area contributed by atoms with E-state index in [9.17, 15) is 14.9 Å². The fourth-order valence-corrected chi connectivity index (χ4v) is 2.36. The lowest BCUT2D eigenvalue weighted by Gasteiger charge is -2.25. The Morgan fingerprint density at radius 2 is 1.86 bits per heavy atom. The normalized spacial score (nSPS) is 13.2. The molecule has 22 heavy (non-hydrogen) atoms. The summed E-state index contributed by atoms with van der Waals surface area (Å²) in [6.45, 7) is 3.53. The van der Waals surface area contributed by atoms with Crippen LogP contribution in [0, 0.1) is 17.0 Å². The zero-order valence-corrected chi connectivity index (χ0v) is 12.0. The van der Waals surface area contributed by atoms with Gasteiger partial charge < -0.3 is 0 Å². The molecule has 8 heteroatoms. The van der Waals surface area contributed by atoms with Gasteiger partial charge in [0.25, 0.3) is 11.2 Å². The number of fused-ring (bicyclic) bond motifs is 1. The minimum Gasteiger partial charge on any atom is -0.296 e. The number of hydrogen-bond acceptors (Lipinski definition) is 6. The van der Waals surface area contributed by atoms with Gasteiger partial charge in [-0.2, -0.15) is 0 Å². The average Bonchev–Trinajstić information content (AvgIpc) is 2.47. The van der Waals surface area contributed by atoms with E-state index in [0.29, 0.717) is 23.0 Å². The molecular weight excluding hydrogens is 286 g/mol. The molecule has 1 aliphatic rings. The van der Waals surface area contributed by atoms with Gasteiger partial charge in [-0.05, 0) is 26.0 Å². The molecule has 0 bridgehead atoms. The second kappa shape index (κ2) is 4.99. The van der Waals surface area contributed by atoms with Crippen LogP contribution in [0.2, 0.25) is 0 Å². The van der Waals surface area contributed by atoms with Crippen LogP contribution in [0.5, 0.6) is 0 Å². The van der Waals surface area contributed by atoms with Crippen LogP contribution < -0.4 is 16.4 Å². The van der Waals surface area contributed by atoms with E-state index in [1.165, 1.54) is 22.8 Å². The SMILES string of the molecule is CC1=C(c2ccc([N+](=O)[O-])cc2)NNc2nc(C)cc(=O)n21. The van der Waals surface area contributed by atoms with Gasteiger partial charge in [-0.15, -0.1) is 0 Å². The molecule has 0 atom stereocenters. The molecule has 8 nitrogen and oxygen atoms in total. The van der Waals surface area contributed by atoms with Crippen LogP contribution in [0.15, 0.2) is 35.1 Å². The van der Waals surface area contributed by atoms with Gasteiger partial charge in [0, 0.05) is 29.5 Å². The lowest BCUT2D eigenvalue weighted by atomic mass is 10.1. The van der Waals surface area contributed by atoms with E-state index in [0.717, 1.165) is 5.56 Å². The summed E-state index contributed by atoms with van der Waals surface area (Å²) in [7, 11) is 0. The zero-order valence-electron chi connectivity index (χ0n) is 12.0. The number of anilines is 1. The molecule has 0 amide bonds. The molecule has 2 aromatic rings. The highest BCUT2D eigenvalue weighted by atomic mass is 16.6. The number of nitro groups is 1. The van der Waals surface area contributed by atoms with Crippen molar-refractivity contribution < 1.29 is 4.92 Å². The predicted molar refractivity (Wildman–Crippen MR) is 81.9 cm³/mol. The topological polar surface area (TPSA) is 102 Å². The Morgan fingerprint density at radius 1 is 1.18 bits per heavy atom. The van der Waals surface area contributed by atoms with Crippen LogP contribution in [0.25, 0.3) is 11.4 Å². The Balaban J connectivity index is 2.11. The maximum Gasteiger partial charge on any atom is 0.269 e. The summed E-state index contributed by atoms with van der Waals surface area (Å²) < 4.78 is 1.46. The van der Waals surface area contributed by atoms with Gasteiger partial charge in [-0.1, -0.05) is 0 Å². The van der Waals surface area contributed by atoms with Gasteiger partial charge in [0.05, 0.1) is 16.3 Å². The van der Waals surface area contributed by atoms with Gasteiger partial charge >= 0.3 is 0 Å². The average molecular weight is 299 g/mol. The highest BCUT2D eigenvalue weighted by Gasteiger charge is 2.19. The third-order valence-electron chi connectivity index (χ3n) is 3.41. The number of nitro benzene ring substituents is 1. The standard InChI is InChI=1S/C14H13N5O3/c1-8-7-12(20)18-9(2)13(16-17-14(18)15-8)10-3-5-11(6-4-10)19(21)22/h3-7,16H,1-2H3,(H,15,17). The highest BCUT2D eigenvalue weighted by molar-refractivity contribution is 5.84. The zero-order chi connectivity index (χ0) is 15.9. The van der Waals surface area contributed by atoms with Crippen LogP contribution in [-0.2, 0) is 0 Å². The second-order valence-corrected chi connectivity index (χ2v) is 4.91. The lowest BCUT2D eigenvalue weighted by Crippen LogP contribution is -2.35. The number of hydrazine groups is 1. The monoisotopic (exact) mass is 299 g/mol. The summed E-state index contributed by atoms with van der Waals surface area (Å²) in [6.07, 6.45) is 0. The van der Waals surface area contributed by atoms with Crippen LogP contribution in [-0.4, -0.2) is 14.5 Å². The first kappa shape index (κ1) is 13.8. The summed E-state index contributed by atoms with van der Waals surface area (Å²) in [5.41, 5.74) is 8.36. The van der Waals surface area contributed by atoms with Crippen molar-refractivity contribution in [2.75, 3.05) is 5.43 Å². The van der Waals surface area contributed by atoms with E-state index in [4.69, 9.17) is 0 Å². The van der Waals surface area contributed by atoms with Crippen molar-refractivity contribution in [2.24, 2.45) is 0 Å². The molecule has 0 unspecified atom stereocenters. The summed E-state index contributed by atoms with van der Waals surface area (Å²) in [4.78, 5) is 26.7. The van der Waals surface area contributed by atoms with Crippen molar-refractivity contribution in [3.63, 3.8) is 0 Å². The molecule has 0 fully saturated rings. The number of non-ortho nitro benzene ring substituents is 1. The Morgan fingerprint density at radius 3 is 2.50 bits per heavy atom. The second-order valence-electron chi connectivity index (χ2n) is 4.91. The smallest absolute Gasteiger partial charge is 0.269 e. The van der Waals surface area contributed by atoms with E-state index >= 15 is 0 Å². The van der Waals surface area contributed by atoms with Crippen molar-refractivity contribution >= 4 is 23.0 Å². The molecule has 2 N–H and O–H groups in total. The number of hydrogen-bond donors (Lipinski definition) is 2. The van der Waals surface area contributed by atoms with Gasteiger partial charge in [-0.25, -0.2) is 9.55 Å². The first-order valence-corrected chi connectivity index (χ1v) is 6.56. The summed E-state index contributed by atoms with van der Waals surface area (Å²) >= 11 is 0. The van der Waals surface area contributed by atoms with Crippen LogP contribution in [0.1, 0.15) is 18.2 Å². The minimum atomic E-state index is -0.454. The van der Waals surface area contributed by atoms with Crippen LogP contribution in [0.4, 0.5) is 11.6 Å². The molecule has 0 aliphatic carbocycles. The van der Waals surface area contributed by atoms with E-state index in [2.05, 4.69) is 15.8 Å². The van der Waals surface area contributed by atoms with Crippen molar-refractivity contribution in [3.05, 3.63) is 62.1 Å². The number of aryl methyl sites for hydroxylation is 1. The van der Waals surface area contributed by atoms with Crippen molar-refractivity contribution in [1.29, 1.82) is 0 Å². The largest absolute Gasteiger partial charge is 0.296 e. The maximum atomic E-state index is 12.1. The first-order valence-electron chi connectivity index (χ1n) is 6.56. The number of benzene rings is 1. The Bertz CT molecular complexity index is 852. The molecule has 0 saturated carbocycles. The first-order chi connectivity index (χ1) is 10.5. The maximum absolute atomic E-state index is 12.1. The predicted octanol–water partition coefficient (Wildman–Crippen LogP) is 1.74. The number of nitrogens with one attached hydrogen (secondary N) is 2. The molecule has 0 spiro atoms. The van der Waals surface area contributed by atoms with Crippen LogP contribution >= 0.6 is 0 Å². The number of allylic oxidation sites excluding steroid dienone is 1. The van der Waals surface area contributed by atoms with Crippen LogP contribution in [0.3, 0.4) is 0 Å². The van der Waals surface area contributed by atoms with Gasteiger partial charge in [0.1, 0.15) is 0 Å². The van der Waals surface area contributed by atoms with Crippen molar-refractivity contribution in [2.45, 2.75) is 13.8 Å². The number of rotatable bonds is 2. The minimum absolute atomic E-state index is 0.0145. The quantitative estimate of drug-likeness (QED) is 0.647. The molecule has 0 saturated heterocycles. The third-order valence-corrected chi connectivity index (χ3v) is 3.41. The molecule has 0 radical (unpaired) electrons. The molecule has 1 aliphatic heterocycles. The van der Waals surface area contributed by atoms with E-state index in [1.54, 1.807) is 26.0 Å². The van der Waals surface area contributed by atoms with Crippen molar-refractivity contribution in [1.82, 2.24) is 15.0 Å². The Kier molecular flexibility index (Phi) is 3.13. The third kappa shape index (κ3) is 2.20. The molecule has 1 aromatic heterocycles. The Labute approximate surface area is 125 Å². The number of nitrogens with zero attached hydrogens (tertiary/aromatic N) is 3. The van der Waals surface area contributed by atoms with Gasteiger partial charge in [-0.3, -0.25) is 25.8 Å². The molecular formula is C14H13N5O3. The molecule has 3 rings (SSSR count). The number of aromatic nitrogens is 2. The summed E-state index contributed by atoms with van der Waals surface area (Å²) in [6, 6.07) is 7.55. The fourth-order valence-electron chi connectivity index (χ4n) is 2.36. The fraction of sp³-hybridized carbons (Fsp3) is 0.143. The molecule has 1 aromatic carbocycles. The summed E-state index contributed by atoms with van der Waals surface area (Å²) in [5.74, 6) is 0.410.